The number of hydrogen-bond donors (Lipinski definition) is 0. The van der Waals surface area contributed by atoms with Crippen LogP contribution in [-0.4, -0.2) is 21.9 Å². The molecule has 2 aromatic rings. The Labute approximate surface area is 154 Å². The predicted octanol–water partition coefficient (Wildman–Crippen LogP) is 3.56. The van der Waals surface area contributed by atoms with Crippen molar-refractivity contribution in [1.82, 2.24) is 9.55 Å². The number of aliphatic imine (C=N–C) groups is 1. The molecule has 0 unspecified atom stereocenters. The lowest BCUT2D eigenvalue weighted by atomic mass is 10.1. The molecule has 0 amide bonds. The third-order valence-corrected chi connectivity index (χ3v) is 4.70. The van der Waals surface area contributed by atoms with Crippen LogP contribution in [0, 0.1) is 5.82 Å². The summed E-state index contributed by atoms with van der Waals surface area (Å²) in [5.41, 5.74) is 1.10. The number of halogens is 2. The molecule has 2 aliphatic heterocycles. The molecule has 0 atom stereocenters. The van der Waals surface area contributed by atoms with E-state index in [0.29, 0.717) is 35.3 Å². The van der Waals surface area contributed by atoms with Gasteiger partial charge in [0, 0.05) is 11.6 Å². The summed E-state index contributed by atoms with van der Waals surface area (Å²) in [6, 6.07) is 4.36. The Morgan fingerprint density at radius 1 is 1.23 bits per heavy atom. The monoisotopic (exact) mass is 373 g/mol. The fourth-order valence-corrected chi connectivity index (χ4v) is 3.30. The summed E-state index contributed by atoms with van der Waals surface area (Å²) in [4.78, 5) is 22.2. The number of allylic oxidation sites excluding steroid dienone is 1. The van der Waals surface area contributed by atoms with E-state index in [0.717, 1.165) is 19.3 Å². The van der Waals surface area contributed by atoms with Crippen LogP contribution in [0.4, 0.5) is 4.39 Å². The van der Waals surface area contributed by atoms with Crippen LogP contribution in [0.3, 0.4) is 0 Å². The summed E-state index contributed by atoms with van der Waals surface area (Å²) in [7, 11) is 0. The lowest BCUT2D eigenvalue weighted by Crippen LogP contribution is -2.34. The molecule has 0 aliphatic carbocycles. The van der Waals surface area contributed by atoms with Gasteiger partial charge in [-0.3, -0.25) is 9.79 Å². The summed E-state index contributed by atoms with van der Waals surface area (Å²) in [5, 5.41) is 0.291. The van der Waals surface area contributed by atoms with E-state index < -0.39 is 5.82 Å². The van der Waals surface area contributed by atoms with Crippen molar-refractivity contribution in [2.45, 2.75) is 32.5 Å². The van der Waals surface area contributed by atoms with Crippen LogP contribution in [0.2, 0.25) is 5.02 Å². The van der Waals surface area contributed by atoms with Gasteiger partial charge in [-0.25, -0.2) is 13.9 Å². The second kappa shape index (κ2) is 7.13. The molecule has 4 rings (SSSR count). The number of aromatic nitrogens is 2. The Morgan fingerprint density at radius 3 is 2.96 bits per heavy atom. The van der Waals surface area contributed by atoms with Gasteiger partial charge in [0.05, 0.1) is 30.0 Å². The van der Waals surface area contributed by atoms with Crippen LogP contribution in [0.1, 0.15) is 41.9 Å². The SMILES string of the molecule is O=c1c2c(nc3n1C(c1ccc(Cl)cc1F)=NCCCC/C=C/3)COC2. The van der Waals surface area contributed by atoms with Gasteiger partial charge < -0.3 is 4.74 Å². The van der Waals surface area contributed by atoms with E-state index in [1.165, 1.54) is 10.6 Å². The van der Waals surface area contributed by atoms with Gasteiger partial charge in [-0.15, -0.1) is 0 Å². The first-order chi connectivity index (χ1) is 12.6. The van der Waals surface area contributed by atoms with E-state index in [4.69, 9.17) is 16.3 Å². The molecule has 0 fully saturated rings. The molecule has 7 heteroatoms. The largest absolute Gasteiger partial charge is 0.370 e. The number of nitrogens with zero attached hydrogens (tertiary/aromatic N) is 3. The molecule has 0 radical (unpaired) electrons. The van der Waals surface area contributed by atoms with Crippen molar-refractivity contribution in [1.29, 1.82) is 0 Å². The number of hydrogen-bond acceptors (Lipinski definition) is 4. The highest BCUT2D eigenvalue weighted by molar-refractivity contribution is 6.30. The fraction of sp³-hybridized carbons (Fsp3) is 0.316. The normalized spacial score (nSPS) is 18.0. The van der Waals surface area contributed by atoms with Gasteiger partial charge in [0.1, 0.15) is 17.5 Å². The molecule has 0 spiro atoms. The van der Waals surface area contributed by atoms with E-state index in [9.17, 15) is 9.18 Å². The van der Waals surface area contributed by atoms with Crippen molar-refractivity contribution in [2.24, 2.45) is 4.99 Å². The molecular formula is C19H17ClFN3O2. The third kappa shape index (κ3) is 3.10. The van der Waals surface area contributed by atoms with Crippen molar-refractivity contribution in [3.63, 3.8) is 0 Å². The van der Waals surface area contributed by atoms with Gasteiger partial charge in [-0.1, -0.05) is 17.7 Å². The summed E-state index contributed by atoms with van der Waals surface area (Å²) < 4.78 is 21.4. The average molecular weight is 374 g/mol. The lowest BCUT2D eigenvalue weighted by molar-refractivity contribution is 0.133. The number of ether oxygens (including phenoxy) is 1. The maximum absolute atomic E-state index is 14.6. The van der Waals surface area contributed by atoms with Gasteiger partial charge in [-0.05, 0) is 43.5 Å². The first-order valence-corrected chi connectivity index (χ1v) is 8.92. The van der Waals surface area contributed by atoms with Gasteiger partial charge in [0.2, 0.25) is 0 Å². The zero-order chi connectivity index (χ0) is 18.1. The van der Waals surface area contributed by atoms with Gasteiger partial charge >= 0.3 is 0 Å². The van der Waals surface area contributed by atoms with Crippen LogP contribution in [-0.2, 0) is 18.0 Å². The van der Waals surface area contributed by atoms with Crippen molar-refractivity contribution in [2.75, 3.05) is 6.54 Å². The molecular weight excluding hydrogens is 357 g/mol. The van der Waals surface area contributed by atoms with Crippen LogP contribution in [0.5, 0.6) is 0 Å². The van der Waals surface area contributed by atoms with Crippen LogP contribution >= 0.6 is 11.6 Å². The highest BCUT2D eigenvalue weighted by atomic mass is 35.5. The summed E-state index contributed by atoms with van der Waals surface area (Å²) in [6.45, 7) is 1.03. The topological polar surface area (TPSA) is 56.5 Å². The van der Waals surface area contributed by atoms with Crippen molar-refractivity contribution < 1.29 is 9.13 Å². The molecule has 1 aromatic heterocycles. The van der Waals surface area contributed by atoms with Gasteiger partial charge in [0.25, 0.3) is 5.56 Å². The molecule has 0 bridgehead atoms. The molecule has 0 saturated carbocycles. The molecule has 0 N–H and O–H groups in total. The molecule has 1 aromatic carbocycles. The van der Waals surface area contributed by atoms with Crippen LogP contribution in [0.25, 0.3) is 6.08 Å². The number of benzene rings is 1. The van der Waals surface area contributed by atoms with Crippen LogP contribution < -0.4 is 5.56 Å². The zero-order valence-corrected chi connectivity index (χ0v) is 14.8. The minimum absolute atomic E-state index is 0.210. The van der Waals surface area contributed by atoms with Crippen molar-refractivity contribution >= 4 is 23.5 Å². The van der Waals surface area contributed by atoms with E-state index in [1.54, 1.807) is 18.2 Å². The standard InChI is InChI=1S/C19H17ClFN3O2/c20-12-6-7-13(15(21)9-12)18-22-8-4-2-1-3-5-17-23-16-11-26-10-14(16)19(25)24(17)18/h3,5-7,9H,1-2,4,8,10-11H2/b5-3+,22-18?. The summed E-state index contributed by atoms with van der Waals surface area (Å²) in [5.74, 6) is 0.175. The number of rotatable bonds is 1. The molecule has 26 heavy (non-hydrogen) atoms. The van der Waals surface area contributed by atoms with Crippen molar-refractivity contribution in [3.8, 4) is 0 Å². The molecule has 134 valence electrons. The van der Waals surface area contributed by atoms with E-state index in [-0.39, 0.29) is 23.6 Å². The van der Waals surface area contributed by atoms with E-state index in [1.807, 2.05) is 6.08 Å². The first-order valence-electron chi connectivity index (χ1n) is 8.54. The molecule has 0 saturated heterocycles. The Hall–Kier alpha value is -2.31. The zero-order valence-electron chi connectivity index (χ0n) is 14.0. The van der Waals surface area contributed by atoms with Gasteiger partial charge in [-0.2, -0.15) is 0 Å². The molecule has 2 aliphatic rings. The maximum atomic E-state index is 14.6. The van der Waals surface area contributed by atoms with Crippen LogP contribution in [0.15, 0.2) is 34.1 Å². The summed E-state index contributed by atoms with van der Waals surface area (Å²) >= 11 is 5.88. The Kier molecular flexibility index (Phi) is 4.70. The second-order valence-electron chi connectivity index (χ2n) is 6.26. The minimum Gasteiger partial charge on any atom is -0.370 e. The first kappa shape index (κ1) is 17.1. The second-order valence-corrected chi connectivity index (χ2v) is 6.69. The van der Waals surface area contributed by atoms with E-state index in [2.05, 4.69) is 9.98 Å². The Bertz CT molecular complexity index is 981. The number of fused-ring (bicyclic) bond motifs is 2. The summed E-state index contributed by atoms with van der Waals surface area (Å²) in [6.07, 6.45) is 6.49. The average Bonchev–Trinajstić information content (AvgIpc) is 3.08. The smallest absolute Gasteiger partial charge is 0.265 e. The minimum atomic E-state index is -0.521. The molecule has 3 heterocycles. The Balaban J connectivity index is 1.99. The van der Waals surface area contributed by atoms with E-state index >= 15 is 0 Å². The highest BCUT2D eigenvalue weighted by Gasteiger charge is 2.24. The fourth-order valence-electron chi connectivity index (χ4n) is 3.14. The predicted molar refractivity (Wildman–Crippen MR) is 98.1 cm³/mol. The Morgan fingerprint density at radius 2 is 2.12 bits per heavy atom. The molecule has 5 nitrogen and oxygen atoms in total. The quantitative estimate of drug-likeness (QED) is 0.768. The van der Waals surface area contributed by atoms with Crippen molar-refractivity contribution in [3.05, 3.63) is 68.1 Å². The lowest BCUT2D eigenvalue weighted by Gasteiger charge is -2.16. The van der Waals surface area contributed by atoms with Gasteiger partial charge in [0.15, 0.2) is 0 Å². The maximum Gasteiger partial charge on any atom is 0.265 e. The third-order valence-electron chi connectivity index (χ3n) is 4.46. The highest BCUT2D eigenvalue weighted by Crippen LogP contribution is 2.20.